The highest BCUT2D eigenvalue weighted by Gasteiger charge is 2.41. The Morgan fingerprint density at radius 2 is 2.20 bits per heavy atom. The highest BCUT2D eigenvalue weighted by molar-refractivity contribution is 5.77. The summed E-state index contributed by atoms with van der Waals surface area (Å²) in [5, 5.41) is 0. The molecule has 1 amide bonds. The smallest absolute Gasteiger partial charge is 0.222 e. The predicted molar refractivity (Wildman–Crippen MR) is 93.6 cm³/mol. The van der Waals surface area contributed by atoms with Gasteiger partial charge in [-0.2, -0.15) is 0 Å². The summed E-state index contributed by atoms with van der Waals surface area (Å²) in [5.74, 6) is 1.33. The van der Waals surface area contributed by atoms with E-state index in [0.717, 1.165) is 57.1 Å². The number of imidazole rings is 2. The quantitative estimate of drug-likeness (QED) is 0.864. The Balaban J connectivity index is 1.39. The minimum atomic E-state index is 0.243. The summed E-state index contributed by atoms with van der Waals surface area (Å²) in [6, 6.07) is 0. The van der Waals surface area contributed by atoms with E-state index in [1.54, 1.807) is 6.33 Å². The Bertz CT molecular complexity index is 683. The number of H-pyrrole nitrogens is 2. The number of rotatable bonds is 5. The van der Waals surface area contributed by atoms with Crippen LogP contribution in [0.5, 0.6) is 0 Å². The molecule has 2 saturated heterocycles. The van der Waals surface area contributed by atoms with Gasteiger partial charge in [0.25, 0.3) is 0 Å². The molecule has 25 heavy (non-hydrogen) atoms. The van der Waals surface area contributed by atoms with Crippen molar-refractivity contribution in [2.45, 2.75) is 38.6 Å². The van der Waals surface area contributed by atoms with Crippen LogP contribution < -0.4 is 0 Å². The zero-order valence-electron chi connectivity index (χ0n) is 14.6. The second kappa shape index (κ2) is 7.00. The van der Waals surface area contributed by atoms with Crippen LogP contribution >= 0.6 is 0 Å². The average molecular weight is 342 g/mol. The first-order valence-corrected chi connectivity index (χ1v) is 9.18. The van der Waals surface area contributed by atoms with Crippen molar-refractivity contribution in [1.82, 2.24) is 29.7 Å². The molecule has 0 saturated carbocycles. The van der Waals surface area contributed by atoms with Crippen LogP contribution in [0.15, 0.2) is 24.9 Å². The van der Waals surface area contributed by atoms with Gasteiger partial charge in [-0.1, -0.05) is 0 Å². The summed E-state index contributed by atoms with van der Waals surface area (Å²) in [6.45, 7) is 4.71. The number of piperidine rings is 2. The molecule has 2 aliphatic heterocycles. The topological polar surface area (TPSA) is 80.9 Å². The molecule has 2 fully saturated rings. The van der Waals surface area contributed by atoms with Gasteiger partial charge in [0.15, 0.2) is 0 Å². The lowest BCUT2D eigenvalue weighted by Crippen LogP contribution is -2.54. The van der Waals surface area contributed by atoms with Crippen molar-refractivity contribution in [2.75, 3.05) is 26.2 Å². The molecule has 7 nitrogen and oxygen atoms in total. The fraction of sp³-hybridized carbons (Fsp3) is 0.611. The molecule has 0 bridgehead atoms. The standard InChI is InChI=1S/C18H26N6O/c25-17-2-5-18(13-24(17)9-3-15-10-19-14-22-15)4-1-8-23(12-18)11-16-20-6-7-21-16/h6-7,10,14H,1-5,8-9,11-13H2,(H,19,22)(H,20,21)/t18-/m0/s1. The molecule has 0 radical (unpaired) electrons. The summed E-state index contributed by atoms with van der Waals surface area (Å²) >= 11 is 0. The Morgan fingerprint density at radius 3 is 3.00 bits per heavy atom. The van der Waals surface area contributed by atoms with Gasteiger partial charge < -0.3 is 14.9 Å². The van der Waals surface area contributed by atoms with Crippen LogP contribution in [-0.4, -0.2) is 61.8 Å². The summed E-state index contributed by atoms with van der Waals surface area (Å²) < 4.78 is 0. The van der Waals surface area contributed by atoms with Gasteiger partial charge in [-0.3, -0.25) is 9.69 Å². The fourth-order valence-electron chi connectivity index (χ4n) is 4.36. The van der Waals surface area contributed by atoms with Gasteiger partial charge in [-0.05, 0) is 25.8 Å². The molecule has 0 aliphatic carbocycles. The van der Waals surface area contributed by atoms with Crippen LogP contribution in [0.2, 0.25) is 0 Å². The first-order valence-electron chi connectivity index (χ1n) is 9.18. The van der Waals surface area contributed by atoms with E-state index in [1.165, 1.54) is 12.8 Å². The van der Waals surface area contributed by atoms with E-state index >= 15 is 0 Å². The summed E-state index contributed by atoms with van der Waals surface area (Å²) in [5.41, 5.74) is 1.34. The molecule has 4 heterocycles. The number of hydrogen-bond donors (Lipinski definition) is 2. The van der Waals surface area contributed by atoms with Gasteiger partial charge in [0.05, 0.1) is 12.9 Å². The number of hydrogen-bond acceptors (Lipinski definition) is 4. The third-order valence-electron chi connectivity index (χ3n) is 5.62. The Hall–Kier alpha value is -2.15. The van der Waals surface area contributed by atoms with E-state index in [9.17, 15) is 4.79 Å². The lowest BCUT2D eigenvalue weighted by atomic mass is 9.73. The van der Waals surface area contributed by atoms with Crippen LogP contribution in [0.25, 0.3) is 0 Å². The van der Waals surface area contributed by atoms with Gasteiger partial charge in [-0.15, -0.1) is 0 Å². The van der Waals surface area contributed by atoms with Crippen molar-refractivity contribution in [3.05, 3.63) is 36.4 Å². The molecule has 1 atom stereocenters. The zero-order chi connectivity index (χ0) is 17.1. The number of nitrogens with one attached hydrogen (secondary N) is 2. The maximum Gasteiger partial charge on any atom is 0.222 e. The number of nitrogens with zero attached hydrogens (tertiary/aromatic N) is 4. The zero-order valence-corrected chi connectivity index (χ0v) is 14.6. The predicted octanol–water partition coefficient (Wildman–Crippen LogP) is 1.58. The van der Waals surface area contributed by atoms with Crippen molar-refractivity contribution in [3.63, 3.8) is 0 Å². The van der Waals surface area contributed by atoms with Gasteiger partial charge in [0, 0.05) is 62.2 Å². The molecule has 2 N–H and O–H groups in total. The molecule has 0 aromatic carbocycles. The maximum atomic E-state index is 12.4. The van der Waals surface area contributed by atoms with Crippen LogP contribution in [0.4, 0.5) is 0 Å². The van der Waals surface area contributed by atoms with E-state index in [0.29, 0.717) is 12.3 Å². The molecule has 2 aliphatic rings. The molecule has 7 heteroatoms. The second-order valence-electron chi connectivity index (χ2n) is 7.49. The van der Waals surface area contributed by atoms with Crippen LogP contribution in [0.3, 0.4) is 0 Å². The van der Waals surface area contributed by atoms with E-state index < -0.39 is 0 Å². The first kappa shape index (κ1) is 16.3. The van der Waals surface area contributed by atoms with Crippen molar-refractivity contribution in [2.24, 2.45) is 5.41 Å². The van der Waals surface area contributed by atoms with Crippen LogP contribution in [-0.2, 0) is 17.8 Å². The first-order chi connectivity index (χ1) is 12.2. The lowest BCUT2D eigenvalue weighted by molar-refractivity contribution is -0.139. The number of aromatic amines is 2. The Kier molecular flexibility index (Phi) is 4.57. The number of amides is 1. The van der Waals surface area contributed by atoms with Gasteiger partial charge in [0.2, 0.25) is 5.91 Å². The van der Waals surface area contributed by atoms with E-state index in [-0.39, 0.29) is 5.41 Å². The minimum absolute atomic E-state index is 0.243. The number of carbonyl (C=O) groups excluding carboxylic acids is 1. The van der Waals surface area contributed by atoms with Crippen LogP contribution in [0.1, 0.15) is 37.2 Å². The molecule has 2 aromatic rings. The van der Waals surface area contributed by atoms with Crippen molar-refractivity contribution < 1.29 is 4.79 Å². The molecular formula is C18H26N6O. The fourth-order valence-corrected chi connectivity index (χ4v) is 4.36. The van der Waals surface area contributed by atoms with E-state index in [1.807, 2.05) is 18.6 Å². The largest absolute Gasteiger partial charge is 0.348 e. The van der Waals surface area contributed by atoms with Gasteiger partial charge >= 0.3 is 0 Å². The summed E-state index contributed by atoms with van der Waals surface area (Å²) in [6.07, 6.45) is 12.2. The Labute approximate surface area is 147 Å². The number of likely N-dealkylation sites (tertiary alicyclic amines) is 2. The van der Waals surface area contributed by atoms with Crippen molar-refractivity contribution in [1.29, 1.82) is 0 Å². The SMILES string of the molecule is O=C1CC[C@]2(CCCN(Cc3ncc[nH]3)C2)CN1CCc1cnc[nH]1. The summed E-state index contributed by atoms with van der Waals surface area (Å²) in [7, 11) is 0. The molecular weight excluding hydrogens is 316 g/mol. The normalized spacial score (nSPS) is 25.0. The lowest BCUT2D eigenvalue weighted by Gasteiger charge is -2.48. The van der Waals surface area contributed by atoms with Crippen molar-refractivity contribution in [3.8, 4) is 0 Å². The molecule has 134 valence electrons. The van der Waals surface area contributed by atoms with Crippen molar-refractivity contribution >= 4 is 5.91 Å². The monoisotopic (exact) mass is 342 g/mol. The maximum absolute atomic E-state index is 12.4. The van der Waals surface area contributed by atoms with E-state index in [2.05, 4.69) is 29.7 Å². The average Bonchev–Trinajstić information content (AvgIpc) is 3.30. The molecule has 4 rings (SSSR count). The minimum Gasteiger partial charge on any atom is -0.348 e. The Morgan fingerprint density at radius 1 is 1.24 bits per heavy atom. The van der Waals surface area contributed by atoms with Gasteiger partial charge in [0.1, 0.15) is 5.82 Å². The number of carbonyl (C=O) groups is 1. The van der Waals surface area contributed by atoms with E-state index in [4.69, 9.17) is 0 Å². The highest BCUT2D eigenvalue weighted by atomic mass is 16.2. The second-order valence-corrected chi connectivity index (χ2v) is 7.49. The highest BCUT2D eigenvalue weighted by Crippen LogP contribution is 2.39. The van der Waals surface area contributed by atoms with Gasteiger partial charge in [-0.25, -0.2) is 9.97 Å². The number of aromatic nitrogens is 4. The molecule has 1 spiro atoms. The van der Waals surface area contributed by atoms with Crippen LogP contribution in [0, 0.1) is 5.41 Å². The third-order valence-corrected chi connectivity index (χ3v) is 5.62. The molecule has 0 unspecified atom stereocenters. The molecule has 2 aromatic heterocycles. The third kappa shape index (κ3) is 3.76. The summed E-state index contributed by atoms with van der Waals surface area (Å²) in [4.78, 5) is 31.7.